The fourth-order valence-electron chi connectivity index (χ4n) is 2.66. The number of anilines is 1. The molecule has 0 aliphatic carbocycles. The lowest BCUT2D eigenvalue weighted by Gasteiger charge is -2.08. The molecule has 27 heavy (non-hydrogen) atoms. The Hall–Kier alpha value is -2.64. The molecule has 0 radical (unpaired) electrons. The Labute approximate surface area is 162 Å². The highest BCUT2D eigenvalue weighted by molar-refractivity contribution is 8.00. The third-order valence-corrected chi connectivity index (χ3v) is 5.66. The number of nitrogens with one attached hydrogen (secondary N) is 1. The molecule has 0 amide bonds. The van der Waals surface area contributed by atoms with Gasteiger partial charge in [-0.3, -0.25) is 0 Å². The van der Waals surface area contributed by atoms with Crippen LogP contribution in [0, 0.1) is 0 Å². The van der Waals surface area contributed by atoms with Crippen molar-refractivity contribution in [3.63, 3.8) is 0 Å². The number of hydrogen-bond acceptors (Lipinski definition) is 5. The van der Waals surface area contributed by atoms with E-state index in [0.29, 0.717) is 34.0 Å². The Kier molecular flexibility index (Phi) is 5.34. The van der Waals surface area contributed by atoms with Gasteiger partial charge in [0.15, 0.2) is 0 Å². The Morgan fingerprint density at radius 3 is 2.33 bits per heavy atom. The normalized spacial score (nSPS) is 15.4. The van der Waals surface area contributed by atoms with E-state index in [9.17, 15) is 13.2 Å². The number of rotatable bonds is 4. The van der Waals surface area contributed by atoms with Crippen LogP contribution in [0.1, 0.15) is 29.8 Å². The van der Waals surface area contributed by atoms with Crippen molar-refractivity contribution in [3.8, 4) is 0 Å². The monoisotopic (exact) mass is 404 g/mol. The van der Waals surface area contributed by atoms with Gasteiger partial charge in [0.05, 0.1) is 12.2 Å². The number of carbonyl (C=O) groups is 1. The smallest absolute Gasteiger partial charge is 0.338 e. The fourth-order valence-corrected chi connectivity index (χ4v) is 4.22. The average Bonchev–Trinajstić information content (AvgIpc) is 2.85. The van der Waals surface area contributed by atoms with E-state index in [4.69, 9.17) is 16.3 Å². The van der Waals surface area contributed by atoms with Crippen molar-refractivity contribution in [2.24, 2.45) is 4.40 Å². The van der Waals surface area contributed by atoms with Crippen LogP contribution in [0.25, 0.3) is 4.91 Å². The molecule has 0 saturated carbocycles. The van der Waals surface area contributed by atoms with Gasteiger partial charge in [0.25, 0.3) is 10.0 Å². The summed E-state index contributed by atoms with van der Waals surface area (Å²) in [7, 11) is -3.81. The number of ether oxygens (including phenoxy) is 1. The molecule has 3 rings (SSSR count). The Morgan fingerprint density at radius 2 is 1.74 bits per heavy atom. The van der Waals surface area contributed by atoms with Crippen LogP contribution in [0.5, 0.6) is 0 Å². The second kappa shape index (κ2) is 7.54. The molecule has 1 aliphatic rings. The van der Waals surface area contributed by atoms with E-state index in [1.165, 1.54) is 0 Å². The lowest BCUT2D eigenvalue weighted by atomic mass is 10.1. The van der Waals surface area contributed by atoms with Crippen molar-refractivity contribution in [3.05, 3.63) is 70.3 Å². The summed E-state index contributed by atoms with van der Waals surface area (Å²) in [5, 5.41) is 3.51. The van der Waals surface area contributed by atoms with Crippen molar-refractivity contribution >= 4 is 44.0 Å². The minimum Gasteiger partial charge on any atom is -0.462 e. The topological polar surface area (TPSA) is 84.8 Å². The third-order valence-electron chi connectivity index (χ3n) is 3.93. The fraction of sp³-hybridized carbons (Fsp3) is 0.158. The molecule has 0 spiro atoms. The molecule has 2 aromatic rings. The largest absolute Gasteiger partial charge is 0.462 e. The molecule has 1 aliphatic heterocycles. The summed E-state index contributed by atoms with van der Waals surface area (Å²) in [5.74, 6) is -0.172. The van der Waals surface area contributed by atoms with Gasteiger partial charge >= 0.3 is 5.97 Å². The van der Waals surface area contributed by atoms with Gasteiger partial charge in [0, 0.05) is 16.3 Å². The number of amidine groups is 1. The summed E-state index contributed by atoms with van der Waals surface area (Å²) in [6, 6.07) is 13.1. The maximum absolute atomic E-state index is 12.5. The first kappa shape index (κ1) is 19.1. The maximum atomic E-state index is 12.5. The van der Waals surface area contributed by atoms with E-state index in [1.54, 1.807) is 62.4 Å². The molecule has 1 heterocycles. The zero-order valence-corrected chi connectivity index (χ0v) is 16.3. The predicted molar refractivity (Wildman–Crippen MR) is 106 cm³/mol. The quantitative estimate of drug-likeness (QED) is 0.775. The minimum absolute atomic E-state index is 0.143. The van der Waals surface area contributed by atoms with Gasteiger partial charge in [-0.15, -0.1) is 4.40 Å². The van der Waals surface area contributed by atoms with Crippen molar-refractivity contribution in [2.75, 3.05) is 11.9 Å². The highest BCUT2D eigenvalue weighted by atomic mass is 35.5. The molecule has 0 unspecified atom stereocenters. The van der Waals surface area contributed by atoms with Gasteiger partial charge in [-0.1, -0.05) is 23.7 Å². The van der Waals surface area contributed by atoms with Gasteiger partial charge in [0.2, 0.25) is 0 Å². The summed E-state index contributed by atoms with van der Waals surface area (Å²) >= 11 is 5.88. The SMILES string of the molecule is CCOC(=O)c1ccc(NC2=NS(=O)(=O)C(c3ccc(Cl)cc3)=C2C)cc1. The second-order valence-corrected chi connectivity index (χ2v) is 7.78. The second-order valence-electron chi connectivity index (χ2n) is 5.80. The molecular formula is C19H17ClN2O4S. The van der Waals surface area contributed by atoms with Gasteiger partial charge in [-0.2, -0.15) is 8.42 Å². The van der Waals surface area contributed by atoms with Crippen molar-refractivity contribution in [1.29, 1.82) is 0 Å². The highest BCUT2D eigenvalue weighted by Crippen LogP contribution is 2.33. The van der Waals surface area contributed by atoms with Crippen molar-refractivity contribution in [1.82, 2.24) is 0 Å². The molecule has 0 bridgehead atoms. The lowest BCUT2D eigenvalue weighted by molar-refractivity contribution is 0.0526. The third kappa shape index (κ3) is 4.04. The first-order valence-corrected chi connectivity index (χ1v) is 10.00. The molecular weight excluding hydrogens is 388 g/mol. The Balaban J connectivity index is 1.87. The van der Waals surface area contributed by atoms with Crippen LogP contribution >= 0.6 is 11.6 Å². The van der Waals surface area contributed by atoms with Crippen LogP contribution in [0.4, 0.5) is 5.69 Å². The molecule has 6 nitrogen and oxygen atoms in total. The van der Waals surface area contributed by atoms with E-state index in [1.807, 2.05) is 0 Å². The van der Waals surface area contributed by atoms with Crippen LogP contribution in [0.2, 0.25) is 5.02 Å². The highest BCUT2D eigenvalue weighted by Gasteiger charge is 2.31. The first-order valence-electron chi connectivity index (χ1n) is 8.18. The van der Waals surface area contributed by atoms with Crippen LogP contribution in [0.3, 0.4) is 0 Å². The van der Waals surface area contributed by atoms with E-state index < -0.39 is 16.0 Å². The summed E-state index contributed by atoms with van der Waals surface area (Å²) in [6.07, 6.45) is 0. The molecule has 140 valence electrons. The average molecular weight is 405 g/mol. The molecule has 2 aromatic carbocycles. The zero-order valence-electron chi connectivity index (χ0n) is 14.7. The molecule has 0 aromatic heterocycles. The van der Waals surface area contributed by atoms with Gasteiger partial charge in [-0.05, 0) is 55.8 Å². The minimum atomic E-state index is -3.81. The van der Waals surface area contributed by atoms with E-state index in [0.717, 1.165) is 0 Å². The number of nitrogens with zero attached hydrogens (tertiary/aromatic N) is 1. The van der Waals surface area contributed by atoms with Crippen molar-refractivity contribution in [2.45, 2.75) is 13.8 Å². The van der Waals surface area contributed by atoms with Crippen molar-refractivity contribution < 1.29 is 17.9 Å². The summed E-state index contributed by atoms with van der Waals surface area (Å²) in [4.78, 5) is 11.8. The predicted octanol–water partition coefficient (Wildman–Crippen LogP) is 4.10. The van der Waals surface area contributed by atoms with Crippen LogP contribution in [0.15, 0.2) is 58.5 Å². The van der Waals surface area contributed by atoms with Gasteiger partial charge < -0.3 is 10.1 Å². The number of carbonyl (C=O) groups excluding carboxylic acids is 1. The first-order chi connectivity index (χ1) is 12.8. The van der Waals surface area contributed by atoms with Crippen LogP contribution in [-0.2, 0) is 14.8 Å². The van der Waals surface area contributed by atoms with E-state index >= 15 is 0 Å². The number of halogens is 1. The summed E-state index contributed by atoms with van der Waals surface area (Å²) < 4.78 is 33.8. The molecule has 0 saturated heterocycles. The van der Waals surface area contributed by atoms with E-state index in [-0.39, 0.29) is 10.7 Å². The van der Waals surface area contributed by atoms with Crippen LogP contribution < -0.4 is 5.32 Å². The number of sulfonamides is 1. The standard InChI is InChI=1S/C19H17ClN2O4S/c1-3-26-19(23)14-6-10-16(11-7-14)21-18-12(2)17(27(24,25)22-18)13-4-8-15(20)9-5-13/h4-11H,3H2,1-2H3,(H,21,22). The van der Waals surface area contributed by atoms with Crippen LogP contribution in [-0.4, -0.2) is 26.8 Å². The molecule has 0 atom stereocenters. The zero-order chi connectivity index (χ0) is 19.6. The maximum Gasteiger partial charge on any atom is 0.338 e. The number of benzene rings is 2. The van der Waals surface area contributed by atoms with Gasteiger partial charge in [0.1, 0.15) is 10.7 Å². The summed E-state index contributed by atoms with van der Waals surface area (Å²) in [6.45, 7) is 3.72. The molecule has 1 N–H and O–H groups in total. The Morgan fingerprint density at radius 1 is 1.11 bits per heavy atom. The number of esters is 1. The molecule has 8 heteroatoms. The summed E-state index contributed by atoms with van der Waals surface area (Å²) in [5.41, 5.74) is 2.05. The van der Waals surface area contributed by atoms with Gasteiger partial charge in [-0.25, -0.2) is 4.79 Å². The lowest BCUT2D eigenvalue weighted by Crippen LogP contribution is -2.12. The number of hydrogen-bond donors (Lipinski definition) is 1. The van der Waals surface area contributed by atoms with E-state index in [2.05, 4.69) is 9.71 Å². The molecule has 0 fully saturated rings. The Bertz CT molecular complexity index is 1040.